The van der Waals surface area contributed by atoms with Crippen molar-refractivity contribution in [3.05, 3.63) is 57.6 Å². The predicted octanol–water partition coefficient (Wildman–Crippen LogP) is 3.35. The van der Waals surface area contributed by atoms with Crippen LogP contribution in [0.2, 0.25) is 0 Å². The lowest BCUT2D eigenvalue weighted by atomic mass is 10.1. The summed E-state index contributed by atoms with van der Waals surface area (Å²) >= 11 is 2.85. The van der Waals surface area contributed by atoms with Crippen LogP contribution >= 0.6 is 15.9 Å². The minimum Gasteiger partial charge on any atom is -0.364 e. The molecule has 0 fully saturated rings. The van der Waals surface area contributed by atoms with Crippen LogP contribution in [0.25, 0.3) is 0 Å². The first-order valence-corrected chi connectivity index (χ1v) is 7.03. The zero-order valence-electron chi connectivity index (χ0n) is 11.6. The van der Waals surface area contributed by atoms with E-state index in [-0.39, 0.29) is 15.9 Å². The number of pyridine rings is 1. The second kappa shape index (κ2) is 6.56. The van der Waals surface area contributed by atoms with Gasteiger partial charge in [-0.05, 0) is 40.2 Å². The summed E-state index contributed by atoms with van der Waals surface area (Å²) in [6.45, 7) is 0. The Morgan fingerprint density at radius 1 is 1.21 bits per heavy atom. The highest BCUT2D eigenvalue weighted by Crippen LogP contribution is 2.35. The van der Waals surface area contributed by atoms with E-state index in [1.165, 1.54) is 6.07 Å². The predicted molar refractivity (Wildman–Crippen MR) is 79.8 cm³/mol. The fourth-order valence-corrected chi connectivity index (χ4v) is 2.30. The summed E-state index contributed by atoms with van der Waals surface area (Å²) in [5.74, 6) is -3.71. The second-order valence-corrected chi connectivity index (χ2v) is 5.38. The molecular weight excluding hydrogens is 398 g/mol. The molecule has 1 aromatic carbocycles. The van der Waals surface area contributed by atoms with Gasteiger partial charge in [-0.1, -0.05) is 0 Å². The van der Waals surface area contributed by atoms with Crippen LogP contribution in [0.15, 0.2) is 34.9 Å². The van der Waals surface area contributed by atoms with Crippen molar-refractivity contribution in [1.29, 1.82) is 0 Å². The molecule has 2 rings (SSSR count). The molecule has 2 amide bonds. The summed E-state index contributed by atoms with van der Waals surface area (Å²) in [6.07, 6.45) is -3.79. The number of carbonyl (C=O) groups is 2. The van der Waals surface area contributed by atoms with Crippen molar-refractivity contribution in [2.24, 2.45) is 5.73 Å². The summed E-state index contributed by atoms with van der Waals surface area (Å²) in [5.41, 5.74) is 2.50. The summed E-state index contributed by atoms with van der Waals surface area (Å²) in [7, 11) is 0. The van der Waals surface area contributed by atoms with E-state index in [1.54, 1.807) is 0 Å². The largest absolute Gasteiger partial charge is 0.419 e. The number of nitrogens with two attached hydrogens (primary N) is 1. The number of hydrogen-bond acceptors (Lipinski definition) is 3. The third-order valence-corrected chi connectivity index (χ3v) is 3.55. The molecule has 126 valence electrons. The fraction of sp³-hybridized carbons (Fsp3) is 0.0714. The Bertz CT molecular complexity index is 824. The van der Waals surface area contributed by atoms with Crippen molar-refractivity contribution in [2.75, 3.05) is 5.32 Å². The van der Waals surface area contributed by atoms with E-state index in [2.05, 4.69) is 26.2 Å². The Hall–Kier alpha value is -2.49. The zero-order valence-corrected chi connectivity index (χ0v) is 13.2. The van der Waals surface area contributed by atoms with Crippen LogP contribution in [-0.4, -0.2) is 16.8 Å². The van der Waals surface area contributed by atoms with E-state index in [0.29, 0.717) is 6.07 Å². The quantitative estimate of drug-likeness (QED) is 0.767. The molecule has 10 heteroatoms. The number of anilines is 1. The zero-order chi connectivity index (χ0) is 18.1. The number of nitrogens with zero attached hydrogens (tertiary/aromatic N) is 1. The molecule has 2 aromatic rings. The van der Waals surface area contributed by atoms with Crippen molar-refractivity contribution < 1.29 is 27.2 Å². The van der Waals surface area contributed by atoms with Crippen molar-refractivity contribution >= 4 is 33.4 Å². The van der Waals surface area contributed by atoms with Gasteiger partial charge in [-0.25, -0.2) is 4.39 Å². The van der Waals surface area contributed by atoms with Gasteiger partial charge >= 0.3 is 6.18 Å². The SMILES string of the molecule is NC(=O)c1cc(NC(=O)c2c(Br)ccc(C(F)(F)F)c2F)ccn1. The molecule has 0 aliphatic carbocycles. The standard InChI is InChI=1S/C14H8BrF4N3O2/c15-8-2-1-7(14(17,18)19)11(16)10(8)13(24)22-6-3-4-21-9(5-6)12(20)23/h1-5H,(H2,20,23)(H,21,22,24). The molecule has 0 spiro atoms. The van der Waals surface area contributed by atoms with Crippen LogP contribution in [0.3, 0.4) is 0 Å². The molecule has 1 heterocycles. The molecule has 0 unspecified atom stereocenters. The van der Waals surface area contributed by atoms with Gasteiger partial charge < -0.3 is 11.1 Å². The monoisotopic (exact) mass is 405 g/mol. The van der Waals surface area contributed by atoms with Gasteiger partial charge in [-0.15, -0.1) is 0 Å². The van der Waals surface area contributed by atoms with Gasteiger partial charge in [-0.2, -0.15) is 13.2 Å². The Balaban J connectivity index is 2.40. The number of alkyl halides is 3. The molecule has 0 bridgehead atoms. The average molecular weight is 406 g/mol. The van der Waals surface area contributed by atoms with Crippen molar-refractivity contribution in [3.63, 3.8) is 0 Å². The van der Waals surface area contributed by atoms with Crippen LogP contribution in [-0.2, 0) is 6.18 Å². The van der Waals surface area contributed by atoms with Gasteiger partial charge in [0, 0.05) is 16.4 Å². The minimum absolute atomic E-state index is 0.0208. The van der Waals surface area contributed by atoms with Gasteiger partial charge in [0.05, 0.1) is 11.1 Å². The number of benzene rings is 1. The van der Waals surface area contributed by atoms with Crippen LogP contribution in [0.1, 0.15) is 26.4 Å². The first kappa shape index (κ1) is 17.9. The van der Waals surface area contributed by atoms with Gasteiger partial charge in [0.2, 0.25) is 0 Å². The smallest absolute Gasteiger partial charge is 0.364 e. The molecule has 0 atom stereocenters. The van der Waals surface area contributed by atoms with Gasteiger partial charge in [0.25, 0.3) is 11.8 Å². The number of primary amides is 1. The summed E-state index contributed by atoms with van der Waals surface area (Å²) < 4.78 is 52.2. The maximum atomic E-state index is 14.1. The third-order valence-electron chi connectivity index (χ3n) is 2.89. The Kier molecular flexibility index (Phi) is 4.88. The number of hydrogen-bond donors (Lipinski definition) is 2. The molecule has 0 aliphatic heterocycles. The number of amides is 2. The number of aromatic nitrogens is 1. The first-order valence-electron chi connectivity index (χ1n) is 6.23. The summed E-state index contributed by atoms with van der Waals surface area (Å²) in [6, 6.07) is 3.82. The lowest BCUT2D eigenvalue weighted by Crippen LogP contribution is -2.19. The molecule has 0 saturated carbocycles. The highest BCUT2D eigenvalue weighted by molar-refractivity contribution is 9.10. The second-order valence-electron chi connectivity index (χ2n) is 4.53. The van der Waals surface area contributed by atoms with E-state index >= 15 is 0 Å². The lowest BCUT2D eigenvalue weighted by Gasteiger charge is -2.13. The van der Waals surface area contributed by atoms with Crippen LogP contribution in [0.5, 0.6) is 0 Å². The van der Waals surface area contributed by atoms with E-state index in [4.69, 9.17) is 5.73 Å². The number of rotatable bonds is 3. The third kappa shape index (κ3) is 3.70. The van der Waals surface area contributed by atoms with E-state index < -0.39 is 34.9 Å². The number of carbonyl (C=O) groups excluding carboxylic acids is 2. The molecule has 3 N–H and O–H groups in total. The number of nitrogens with one attached hydrogen (secondary N) is 1. The first-order chi connectivity index (χ1) is 11.1. The van der Waals surface area contributed by atoms with E-state index in [9.17, 15) is 27.2 Å². The maximum absolute atomic E-state index is 14.1. The molecule has 0 saturated heterocycles. The van der Waals surface area contributed by atoms with Crippen LogP contribution in [0, 0.1) is 5.82 Å². The normalized spacial score (nSPS) is 11.2. The van der Waals surface area contributed by atoms with Crippen LogP contribution < -0.4 is 11.1 Å². The summed E-state index contributed by atoms with van der Waals surface area (Å²) in [4.78, 5) is 26.8. The average Bonchev–Trinajstić information content (AvgIpc) is 2.46. The topological polar surface area (TPSA) is 85.1 Å². The highest BCUT2D eigenvalue weighted by Gasteiger charge is 2.36. The Morgan fingerprint density at radius 3 is 2.46 bits per heavy atom. The highest BCUT2D eigenvalue weighted by atomic mass is 79.9. The van der Waals surface area contributed by atoms with Gasteiger partial charge in [0.1, 0.15) is 11.5 Å². The Labute approximate surface area is 141 Å². The maximum Gasteiger partial charge on any atom is 0.419 e. The number of halogens is 5. The molecule has 24 heavy (non-hydrogen) atoms. The van der Waals surface area contributed by atoms with Gasteiger partial charge in [0.15, 0.2) is 0 Å². The van der Waals surface area contributed by atoms with E-state index in [1.807, 2.05) is 0 Å². The lowest BCUT2D eigenvalue weighted by molar-refractivity contribution is -0.140. The van der Waals surface area contributed by atoms with Gasteiger partial charge in [-0.3, -0.25) is 14.6 Å². The molecule has 0 aliphatic rings. The van der Waals surface area contributed by atoms with E-state index in [0.717, 1.165) is 18.3 Å². The summed E-state index contributed by atoms with van der Waals surface area (Å²) in [5, 5.41) is 2.19. The molecule has 0 radical (unpaired) electrons. The van der Waals surface area contributed by atoms with Crippen molar-refractivity contribution in [1.82, 2.24) is 4.98 Å². The fourth-order valence-electron chi connectivity index (χ4n) is 1.82. The Morgan fingerprint density at radius 2 is 1.88 bits per heavy atom. The molecule has 1 aromatic heterocycles. The minimum atomic E-state index is -4.95. The van der Waals surface area contributed by atoms with Crippen molar-refractivity contribution in [2.45, 2.75) is 6.18 Å². The van der Waals surface area contributed by atoms with Crippen LogP contribution in [0.4, 0.5) is 23.2 Å². The molecular formula is C14H8BrF4N3O2. The molecule has 5 nitrogen and oxygen atoms in total. The van der Waals surface area contributed by atoms with Crippen molar-refractivity contribution in [3.8, 4) is 0 Å².